The number of thiophene rings is 2. The van der Waals surface area contributed by atoms with E-state index in [2.05, 4.69) is 65.9 Å². The van der Waals surface area contributed by atoms with Crippen LogP contribution in [0, 0.1) is 15.3 Å². The first-order valence-electron chi connectivity index (χ1n) is 8.92. The van der Waals surface area contributed by atoms with E-state index in [1.165, 1.54) is 37.9 Å². The Balaban J connectivity index is 0.00000240. The van der Waals surface area contributed by atoms with E-state index in [-0.39, 0.29) is 29.9 Å². The number of fused-ring (bicyclic) bond motifs is 1. The van der Waals surface area contributed by atoms with Gasteiger partial charge < -0.3 is 9.84 Å². The second-order valence-corrected chi connectivity index (χ2v) is 9.32. The van der Waals surface area contributed by atoms with Crippen molar-refractivity contribution in [3.8, 4) is 0 Å². The fourth-order valence-electron chi connectivity index (χ4n) is 2.92. The smallest absolute Gasteiger partial charge is 0.267 e. The van der Waals surface area contributed by atoms with Gasteiger partial charge in [0.2, 0.25) is 5.52 Å². The molecule has 0 fully saturated rings. The number of nitrogens with zero attached hydrogens (tertiary/aromatic N) is 1. The molecule has 3 nitrogen and oxygen atoms in total. The number of para-hydroxylation sites is 1. The van der Waals surface area contributed by atoms with Crippen molar-refractivity contribution in [3.05, 3.63) is 77.5 Å². The SMILES string of the molecule is CCC=[n+]1c(=CC=c2ccc(=c3ccc(=C([O-])OC)s3)s2)sc2ccccc21.I. The van der Waals surface area contributed by atoms with Gasteiger partial charge >= 0.3 is 0 Å². The Morgan fingerprint density at radius 2 is 1.76 bits per heavy atom. The van der Waals surface area contributed by atoms with Crippen molar-refractivity contribution >= 4 is 86.3 Å². The molecule has 150 valence electrons. The summed E-state index contributed by atoms with van der Waals surface area (Å²) in [5.74, 6) is -0.283. The lowest BCUT2D eigenvalue weighted by atomic mass is 10.3. The summed E-state index contributed by atoms with van der Waals surface area (Å²) in [7, 11) is 1.41. The van der Waals surface area contributed by atoms with E-state index in [1.807, 2.05) is 12.1 Å². The fraction of sp³-hybridized carbons (Fsp3) is 0.136. The van der Waals surface area contributed by atoms with Crippen molar-refractivity contribution in [3.63, 3.8) is 0 Å². The lowest BCUT2D eigenvalue weighted by Crippen LogP contribution is -2.32. The summed E-state index contributed by atoms with van der Waals surface area (Å²) < 4.78 is 13.6. The highest BCUT2D eigenvalue weighted by Gasteiger charge is 2.07. The molecule has 0 spiro atoms. The fourth-order valence-corrected chi connectivity index (χ4v) is 5.89. The molecular formula is C22H20INO2S3. The van der Waals surface area contributed by atoms with E-state index in [0.29, 0.717) is 4.53 Å². The standard InChI is InChI=1S/C22H19NO2S3.HI/c1-3-14-23-16-6-4-5-7-17(16)28-21(23)13-9-15-8-10-18(26-15)19-11-12-20(27-19)22(24)25-2;/h4-14H,3H2,1-2H3;1H. The van der Waals surface area contributed by atoms with Gasteiger partial charge in [0.1, 0.15) is 4.70 Å². The summed E-state index contributed by atoms with van der Waals surface area (Å²) in [6, 6.07) is 16.5. The molecule has 3 aromatic heterocycles. The van der Waals surface area contributed by atoms with Crippen LogP contribution in [0.2, 0.25) is 0 Å². The third-order valence-corrected chi connectivity index (χ3v) is 7.61. The lowest BCUT2D eigenvalue weighted by Gasteiger charge is -2.04. The van der Waals surface area contributed by atoms with Gasteiger partial charge in [-0.1, -0.05) is 30.4 Å². The average molecular weight is 554 g/mol. The largest absolute Gasteiger partial charge is 0.616 e. The normalized spacial score (nSPS) is 15.6. The quantitative estimate of drug-likeness (QED) is 0.289. The van der Waals surface area contributed by atoms with Crippen molar-refractivity contribution in [2.45, 2.75) is 13.3 Å². The molecule has 0 bridgehead atoms. The summed E-state index contributed by atoms with van der Waals surface area (Å²) in [4.78, 5) is 0. The third kappa shape index (κ3) is 4.74. The van der Waals surface area contributed by atoms with E-state index in [1.54, 1.807) is 22.7 Å². The maximum atomic E-state index is 11.7. The highest BCUT2D eigenvalue weighted by Crippen LogP contribution is 2.11. The molecule has 0 amide bonds. The van der Waals surface area contributed by atoms with Gasteiger partial charge in [-0.05, 0) is 43.5 Å². The Labute approximate surface area is 197 Å². The number of hydrogen-bond acceptors (Lipinski definition) is 5. The number of hydrogen-bond donors (Lipinski definition) is 0. The maximum absolute atomic E-state index is 11.7. The first-order valence-corrected chi connectivity index (χ1v) is 11.4. The first kappa shape index (κ1) is 22.0. The Morgan fingerprint density at radius 3 is 2.55 bits per heavy atom. The van der Waals surface area contributed by atoms with E-state index in [4.69, 9.17) is 4.74 Å². The van der Waals surface area contributed by atoms with Gasteiger partial charge in [-0.3, -0.25) is 0 Å². The van der Waals surface area contributed by atoms with Gasteiger partial charge in [0.15, 0.2) is 6.21 Å². The Kier molecular flexibility index (Phi) is 7.50. The van der Waals surface area contributed by atoms with E-state index < -0.39 is 0 Å². The summed E-state index contributed by atoms with van der Waals surface area (Å²) in [5, 5.41) is 11.7. The van der Waals surface area contributed by atoms with Gasteiger partial charge in [0.05, 0.1) is 5.95 Å². The van der Waals surface area contributed by atoms with Crippen molar-refractivity contribution in [1.82, 2.24) is 0 Å². The van der Waals surface area contributed by atoms with Gasteiger partial charge in [-0.2, -0.15) is 4.24 Å². The molecular weight excluding hydrogens is 533 g/mol. The molecule has 0 unspecified atom stereocenters. The minimum Gasteiger partial charge on any atom is -0.616 e. The highest BCUT2D eigenvalue weighted by atomic mass is 127. The molecule has 4 aromatic rings. The zero-order chi connectivity index (χ0) is 19.5. The molecule has 0 saturated heterocycles. The molecule has 0 N–H and O–H groups in total. The summed E-state index contributed by atoms with van der Waals surface area (Å²) in [6.07, 6.45) is 7.54. The molecule has 0 aliphatic rings. The van der Waals surface area contributed by atoms with Gasteiger partial charge in [0.25, 0.3) is 4.66 Å². The molecule has 0 aliphatic carbocycles. The van der Waals surface area contributed by atoms with Gasteiger partial charge in [-0.15, -0.1) is 46.7 Å². The number of benzene rings is 1. The minimum atomic E-state index is -0.283. The highest BCUT2D eigenvalue weighted by molar-refractivity contribution is 14.0. The van der Waals surface area contributed by atoms with E-state index >= 15 is 0 Å². The van der Waals surface area contributed by atoms with Crippen LogP contribution >= 0.6 is 58.0 Å². The molecule has 7 heteroatoms. The van der Waals surface area contributed by atoms with Crippen LogP contribution in [0.25, 0.3) is 28.3 Å². The van der Waals surface area contributed by atoms with Crippen LogP contribution in [0.3, 0.4) is 0 Å². The molecule has 0 atom stereocenters. The van der Waals surface area contributed by atoms with Crippen LogP contribution in [0.5, 0.6) is 0 Å². The van der Waals surface area contributed by atoms with Crippen LogP contribution in [-0.2, 0) is 4.74 Å². The predicted octanol–water partition coefficient (Wildman–Crippen LogP) is 2.97. The molecule has 0 saturated carbocycles. The summed E-state index contributed by atoms with van der Waals surface area (Å²) in [6.45, 7) is 2.15. The first-order chi connectivity index (χ1) is 13.7. The lowest BCUT2D eigenvalue weighted by molar-refractivity contribution is -0.490. The van der Waals surface area contributed by atoms with Crippen LogP contribution in [-0.4, -0.2) is 7.11 Å². The predicted molar refractivity (Wildman–Crippen MR) is 132 cm³/mol. The van der Waals surface area contributed by atoms with Crippen LogP contribution in [0.15, 0.2) is 48.5 Å². The van der Waals surface area contributed by atoms with Gasteiger partial charge in [-0.25, -0.2) is 0 Å². The molecule has 0 radical (unpaired) electrons. The molecule has 3 heterocycles. The zero-order valence-electron chi connectivity index (χ0n) is 16.0. The van der Waals surface area contributed by atoms with Crippen molar-refractivity contribution < 1.29 is 14.1 Å². The number of halogens is 1. The van der Waals surface area contributed by atoms with Crippen molar-refractivity contribution in [2.24, 2.45) is 0 Å². The van der Waals surface area contributed by atoms with Crippen molar-refractivity contribution in [1.29, 1.82) is 0 Å². The second-order valence-electron chi connectivity index (χ2n) is 6.06. The maximum Gasteiger partial charge on any atom is 0.267 e. The van der Waals surface area contributed by atoms with Crippen LogP contribution in [0.1, 0.15) is 13.3 Å². The topological polar surface area (TPSA) is 38.2 Å². The molecule has 0 aliphatic heterocycles. The number of ether oxygens (including phenoxy) is 1. The summed E-state index contributed by atoms with van der Waals surface area (Å²) >= 11 is 4.98. The number of thiazole rings is 1. The monoisotopic (exact) mass is 553 g/mol. The van der Waals surface area contributed by atoms with Gasteiger partial charge in [0, 0.05) is 36.7 Å². The van der Waals surface area contributed by atoms with Crippen LogP contribution in [0.4, 0.5) is 0 Å². The minimum absolute atomic E-state index is 0. The van der Waals surface area contributed by atoms with Crippen molar-refractivity contribution in [2.75, 3.05) is 7.11 Å². The van der Waals surface area contributed by atoms with E-state index in [0.717, 1.165) is 15.5 Å². The second kappa shape index (κ2) is 9.88. The molecule has 1 aromatic carbocycles. The zero-order valence-corrected chi connectivity index (χ0v) is 20.7. The molecule has 29 heavy (non-hydrogen) atoms. The average Bonchev–Trinajstić information content (AvgIpc) is 3.45. The molecule has 4 rings (SSSR count). The third-order valence-electron chi connectivity index (χ3n) is 4.19. The Bertz CT molecular complexity index is 1460. The number of aromatic nitrogens is 1. The number of methoxy groups -OCH3 is 1. The number of rotatable bonds is 3. The van der Waals surface area contributed by atoms with Crippen LogP contribution < -0.4 is 23.1 Å². The Hall–Kier alpha value is -1.68. The Morgan fingerprint density at radius 1 is 1.00 bits per heavy atom. The van der Waals surface area contributed by atoms with E-state index in [9.17, 15) is 5.11 Å². The summed E-state index contributed by atoms with van der Waals surface area (Å²) in [5.41, 5.74) is 1.25.